The second-order valence-electron chi connectivity index (χ2n) is 8.23. The van der Waals surface area contributed by atoms with Crippen molar-refractivity contribution in [2.75, 3.05) is 36.8 Å². The molecule has 1 saturated heterocycles. The van der Waals surface area contributed by atoms with Gasteiger partial charge >= 0.3 is 6.03 Å². The van der Waals surface area contributed by atoms with Gasteiger partial charge in [-0.2, -0.15) is 0 Å². The summed E-state index contributed by atoms with van der Waals surface area (Å²) in [6, 6.07) is 5.81. The van der Waals surface area contributed by atoms with Gasteiger partial charge < -0.3 is 20.9 Å². The average molecular weight is 409 g/mol. The van der Waals surface area contributed by atoms with Gasteiger partial charge in [-0.15, -0.1) is 12.4 Å². The number of nitrogen functional groups attached to an aromatic ring is 1. The summed E-state index contributed by atoms with van der Waals surface area (Å²) in [5.74, 6) is 0.807. The number of halogens is 1. The summed E-state index contributed by atoms with van der Waals surface area (Å²) in [6.45, 7) is 7.04. The van der Waals surface area contributed by atoms with Crippen molar-refractivity contribution in [3.8, 4) is 0 Å². The van der Waals surface area contributed by atoms with E-state index in [9.17, 15) is 9.59 Å². The highest BCUT2D eigenvalue weighted by atomic mass is 35.5. The lowest BCUT2D eigenvalue weighted by molar-refractivity contribution is -0.119. The number of carbonyl (C=O) groups is 2. The third-order valence-electron chi connectivity index (χ3n) is 5.52. The molecular formula is C21H33ClN4O2. The van der Waals surface area contributed by atoms with Crippen molar-refractivity contribution in [2.24, 2.45) is 11.8 Å². The molecule has 0 spiro atoms. The number of rotatable bonds is 4. The number of nitrogens with zero attached hydrogens (tertiary/aromatic N) is 2. The first-order valence-electron chi connectivity index (χ1n) is 10.2. The molecule has 1 fully saturated rings. The summed E-state index contributed by atoms with van der Waals surface area (Å²) in [4.78, 5) is 29.1. The maximum atomic E-state index is 13.0. The zero-order valence-corrected chi connectivity index (χ0v) is 17.8. The van der Waals surface area contributed by atoms with E-state index < -0.39 is 0 Å². The van der Waals surface area contributed by atoms with Crippen molar-refractivity contribution in [1.82, 2.24) is 10.2 Å². The number of likely N-dealkylation sites (tertiary alicyclic amines) is 1. The first kappa shape index (κ1) is 22.3. The zero-order valence-electron chi connectivity index (χ0n) is 16.9. The summed E-state index contributed by atoms with van der Waals surface area (Å²) in [7, 11) is 0. The molecule has 0 aromatic heterocycles. The van der Waals surface area contributed by atoms with Crippen molar-refractivity contribution in [2.45, 2.75) is 46.0 Å². The highest BCUT2D eigenvalue weighted by Gasteiger charge is 2.29. The maximum Gasteiger partial charge on any atom is 0.317 e. The molecule has 2 aliphatic heterocycles. The molecule has 0 radical (unpaired) electrons. The first-order chi connectivity index (χ1) is 13.0. The highest BCUT2D eigenvalue weighted by molar-refractivity contribution is 5.95. The van der Waals surface area contributed by atoms with Crippen LogP contribution in [0.1, 0.15) is 45.1 Å². The van der Waals surface area contributed by atoms with E-state index in [4.69, 9.17) is 5.73 Å². The smallest absolute Gasteiger partial charge is 0.317 e. The molecule has 2 heterocycles. The fourth-order valence-corrected chi connectivity index (χ4v) is 4.09. The standard InChI is InChI=1S/C21H32N4O2.ClH/c1-15(2)13-23-21(27)24-10-4-6-16(14-24)12-20(26)25-11-5-7-17-18(22)8-3-9-19(17)25;/h3,8-9,15-16H,4-7,10-14,22H2,1-2H3,(H,23,27);1H. The quantitative estimate of drug-likeness (QED) is 0.749. The topological polar surface area (TPSA) is 78.7 Å². The fourth-order valence-electron chi connectivity index (χ4n) is 4.09. The maximum absolute atomic E-state index is 13.0. The minimum absolute atomic E-state index is 0. The second-order valence-corrected chi connectivity index (χ2v) is 8.23. The largest absolute Gasteiger partial charge is 0.398 e. The predicted molar refractivity (Wildman–Crippen MR) is 116 cm³/mol. The molecule has 0 aliphatic carbocycles. The Morgan fingerprint density at radius 3 is 2.79 bits per heavy atom. The molecule has 0 saturated carbocycles. The molecule has 28 heavy (non-hydrogen) atoms. The van der Waals surface area contributed by atoms with E-state index in [1.165, 1.54) is 0 Å². The van der Waals surface area contributed by atoms with Gasteiger partial charge in [-0.3, -0.25) is 4.79 Å². The Hall–Kier alpha value is -1.95. The molecule has 156 valence electrons. The van der Waals surface area contributed by atoms with E-state index in [0.717, 1.165) is 55.7 Å². The lowest BCUT2D eigenvalue weighted by Crippen LogP contribution is -2.47. The van der Waals surface area contributed by atoms with Crippen molar-refractivity contribution >= 4 is 35.7 Å². The van der Waals surface area contributed by atoms with Gasteiger partial charge in [-0.05, 0) is 55.2 Å². The van der Waals surface area contributed by atoms with Gasteiger partial charge in [0, 0.05) is 44.0 Å². The first-order valence-corrected chi connectivity index (χ1v) is 10.2. The van der Waals surface area contributed by atoms with E-state index in [0.29, 0.717) is 25.4 Å². The lowest BCUT2D eigenvalue weighted by atomic mass is 9.93. The van der Waals surface area contributed by atoms with Crippen LogP contribution in [0.25, 0.3) is 0 Å². The minimum atomic E-state index is -0.00283. The van der Waals surface area contributed by atoms with Gasteiger partial charge in [0.25, 0.3) is 0 Å². The molecule has 1 aromatic rings. The van der Waals surface area contributed by atoms with Gasteiger partial charge in [0.05, 0.1) is 0 Å². The number of amides is 3. The van der Waals surface area contributed by atoms with Crippen LogP contribution in [0.15, 0.2) is 18.2 Å². The van der Waals surface area contributed by atoms with E-state index >= 15 is 0 Å². The molecule has 6 nitrogen and oxygen atoms in total. The third-order valence-corrected chi connectivity index (χ3v) is 5.52. The lowest BCUT2D eigenvalue weighted by Gasteiger charge is -2.35. The van der Waals surface area contributed by atoms with Crippen molar-refractivity contribution < 1.29 is 9.59 Å². The molecular weight excluding hydrogens is 376 g/mol. The molecule has 1 aromatic carbocycles. The molecule has 7 heteroatoms. The Bertz CT molecular complexity index is 695. The number of nitrogens with two attached hydrogens (primary N) is 1. The number of benzene rings is 1. The van der Waals surface area contributed by atoms with E-state index in [2.05, 4.69) is 19.2 Å². The Kier molecular flexibility index (Phi) is 7.98. The van der Waals surface area contributed by atoms with Crippen LogP contribution in [-0.4, -0.2) is 43.0 Å². The molecule has 2 aliphatic rings. The van der Waals surface area contributed by atoms with Gasteiger partial charge in [0.2, 0.25) is 5.91 Å². The average Bonchev–Trinajstić information content (AvgIpc) is 2.66. The molecule has 3 amide bonds. The summed E-state index contributed by atoms with van der Waals surface area (Å²) >= 11 is 0. The molecule has 1 unspecified atom stereocenters. The predicted octanol–water partition coefficient (Wildman–Crippen LogP) is 3.44. The van der Waals surface area contributed by atoms with Crippen LogP contribution in [0.2, 0.25) is 0 Å². The summed E-state index contributed by atoms with van der Waals surface area (Å²) in [5.41, 5.74) is 8.93. The number of carbonyl (C=O) groups excluding carboxylic acids is 2. The molecule has 3 N–H and O–H groups in total. The minimum Gasteiger partial charge on any atom is -0.398 e. The Balaban J connectivity index is 0.00000280. The third kappa shape index (κ3) is 5.31. The van der Waals surface area contributed by atoms with Crippen LogP contribution in [0.4, 0.5) is 16.2 Å². The van der Waals surface area contributed by atoms with E-state index in [1.54, 1.807) is 0 Å². The van der Waals surface area contributed by atoms with E-state index in [-0.39, 0.29) is 30.3 Å². The van der Waals surface area contributed by atoms with Gasteiger partial charge in [0.15, 0.2) is 0 Å². The van der Waals surface area contributed by atoms with Gasteiger partial charge in [-0.1, -0.05) is 19.9 Å². The number of piperidine rings is 1. The van der Waals surface area contributed by atoms with Gasteiger partial charge in [0.1, 0.15) is 0 Å². The molecule has 3 rings (SSSR count). The monoisotopic (exact) mass is 408 g/mol. The van der Waals surface area contributed by atoms with Crippen molar-refractivity contribution in [3.63, 3.8) is 0 Å². The Labute approximate surface area is 174 Å². The number of urea groups is 1. The van der Waals surface area contributed by atoms with Crippen LogP contribution in [-0.2, 0) is 11.2 Å². The van der Waals surface area contributed by atoms with Crippen LogP contribution < -0.4 is 16.0 Å². The van der Waals surface area contributed by atoms with Crippen molar-refractivity contribution in [1.29, 1.82) is 0 Å². The molecule has 1 atom stereocenters. The van der Waals surface area contributed by atoms with Gasteiger partial charge in [-0.25, -0.2) is 4.79 Å². The normalized spacial score (nSPS) is 19.0. The van der Waals surface area contributed by atoms with E-state index in [1.807, 2.05) is 28.0 Å². The fraction of sp³-hybridized carbons (Fsp3) is 0.619. The Morgan fingerprint density at radius 2 is 2.04 bits per heavy atom. The summed E-state index contributed by atoms with van der Waals surface area (Å²) in [6.07, 6.45) is 4.32. The van der Waals surface area contributed by atoms with Crippen LogP contribution in [0, 0.1) is 11.8 Å². The summed E-state index contributed by atoms with van der Waals surface area (Å²) < 4.78 is 0. The summed E-state index contributed by atoms with van der Waals surface area (Å²) in [5, 5.41) is 2.99. The number of nitrogens with one attached hydrogen (secondary N) is 1. The van der Waals surface area contributed by atoms with Crippen LogP contribution in [0.3, 0.4) is 0 Å². The van der Waals surface area contributed by atoms with Crippen molar-refractivity contribution in [3.05, 3.63) is 23.8 Å². The Morgan fingerprint density at radius 1 is 1.25 bits per heavy atom. The van der Waals surface area contributed by atoms with Crippen LogP contribution in [0.5, 0.6) is 0 Å². The SMILES string of the molecule is CC(C)CNC(=O)N1CCCC(CC(=O)N2CCCc3c(N)cccc32)C1.Cl. The number of fused-ring (bicyclic) bond motifs is 1. The second kappa shape index (κ2) is 10.0. The number of hydrogen-bond acceptors (Lipinski definition) is 3. The highest BCUT2D eigenvalue weighted by Crippen LogP contribution is 2.32. The number of anilines is 2. The number of hydrogen-bond donors (Lipinski definition) is 2. The molecule has 0 bridgehead atoms. The zero-order chi connectivity index (χ0) is 19.4. The van der Waals surface area contributed by atoms with Crippen LogP contribution >= 0.6 is 12.4 Å².